The molecule has 1 N–H and O–H groups in total. The molecule has 0 saturated heterocycles. The van der Waals surface area contributed by atoms with Crippen LogP contribution in [0.1, 0.15) is 58.8 Å². The summed E-state index contributed by atoms with van der Waals surface area (Å²) < 4.78 is -1.12. The van der Waals surface area contributed by atoms with E-state index in [2.05, 4.69) is 6.92 Å². The SMILES string of the molecule is CCCCCCCC(Cl)(Cl)C(CC)C(=O)O. The maximum Gasteiger partial charge on any atom is 0.309 e. The van der Waals surface area contributed by atoms with Crippen LogP contribution in [0.4, 0.5) is 0 Å². The second-order valence-corrected chi connectivity index (χ2v) is 5.77. The van der Waals surface area contributed by atoms with Crippen molar-refractivity contribution in [3.63, 3.8) is 0 Å². The first-order chi connectivity index (χ1) is 7.45. The number of carboxylic acid groups (broad SMARTS) is 1. The monoisotopic (exact) mass is 268 g/mol. The van der Waals surface area contributed by atoms with Crippen LogP contribution in [0.5, 0.6) is 0 Å². The lowest BCUT2D eigenvalue weighted by atomic mass is 9.97. The van der Waals surface area contributed by atoms with Crippen molar-refractivity contribution in [1.29, 1.82) is 0 Å². The van der Waals surface area contributed by atoms with E-state index in [9.17, 15) is 4.79 Å². The van der Waals surface area contributed by atoms with Gasteiger partial charge in [0.2, 0.25) is 0 Å². The van der Waals surface area contributed by atoms with Gasteiger partial charge >= 0.3 is 5.97 Å². The van der Waals surface area contributed by atoms with E-state index in [1.807, 2.05) is 0 Å². The molecule has 0 amide bonds. The van der Waals surface area contributed by atoms with Gasteiger partial charge in [0.25, 0.3) is 0 Å². The topological polar surface area (TPSA) is 37.3 Å². The van der Waals surface area contributed by atoms with Crippen molar-refractivity contribution in [3.05, 3.63) is 0 Å². The van der Waals surface area contributed by atoms with Gasteiger partial charge in [0, 0.05) is 0 Å². The van der Waals surface area contributed by atoms with E-state index in [0.29, 0.717) is 12.8 Å². The summed E-state index contributed by atoms with van der Waals surface area (Å²) in [7, 11) is 0. The number of hydrogen-bond acceptors (Lipinski definition) is 1. The van der Waals surface area contributed by atoms with Gasteiger partial charge in [-0.2, -0.15) is 0 Å². The van der Waals surface area contributed by atoms with Gasteiger partial charge in [-0.1, -0.05) is 46.0 Å². The number of rotatable bonds is 9. The van der Waals surface area contributed by atoms with Crippen molar-refractivity contribution in [2.45, 2.75) is 63.1 Å². The summed E-state index contributed by atoms with van der Waals surface area (Å²) >= 11 is 12.2. The first-order valence-electron chi connectivity index (χ1n) is 6.06. The van der Waals surface area contributed by atoms with E-state index in [-0.39, 0.29) is 0 Å². The van der Waals surface area contributed by atoms with Crippen LogP contribution in [0.15, 0.2) is 0 Å². The van der Waals surface area contributed by atoms with E-state index in [0.717, 1.165) is 12.8 Å². The van der Waals surface area contributed by atoms with Crippen molar-refractivity contribution in [1.82, 2.24) is 0 Å². The molecule has 1 atom stereocenters. The number of halogens is 2. The molecule has 0 heterocycles. The number of alkyl halides is 2. The van der Waals surface area contributed by atoms with Gasteiger partial charge in [-0.05, 0) is 12.8 Å². The summed E-state index contributed by atoms with van der Waals surface area (Å²) in [5.74, 6) is -1.57. The summed E-state index contributed by atoms with van der Waals surface area (Å²) in [4.78, 5) is 10.9. The minimum absolute atomic E-state index is 0.470. The van der Waals surface area contributed by atoms with Gasteiger partial charge in [-0.15, -0.1) is 23.2 Å². The molecule has 0 bridgehead atoms. The van der Waals surface area contributed by atoms with Crippen LogP contribution in [0, 0.1) is 5.92 Å². The lowest BCUT2D eigenvalue weighted by Crippen LogP contribution is -2.32. The zero-order valence-electron chi connectivity index (χ0n) is 10.1. The zero-order valence-corrected chi connectivity index (χ0v) is 11.7. The summed E-state index contributed by atoms with van der Waals surface area (Å²) in [6.45, 7) is 3.96. The highest BCUT2D eigenvalue weighted by atomic mass is 35.5. The summed E-state index contributed by atoms with van der Waals surface area (Å²) in [5, 5.41) is 8.98. The Labute approximate surface area is 108 Å². The number of carboxylic acids is 1. The highest BCUT2D eigenvalue weighted by Crippen LogP contribution is 2.37. The summed E-state index contributed by atoms with van der Waals surface area (Å²) in [6, 6.07) is 0. The van der Waals surface area contributed by atoms with Gasteiger partial charge in [-0.3, -0.25) is 4.79 Å². The van der Waals surface area contributed by atoms with Gasteiger partial charge in [0.15, 0.2) is 0 Å². The lowest BCUT2D eigenvalue weighted by Gasteiger charge is -2.25. The Morgan fingerprint density at radius 3 is 2.19 bits per heavy atom. The Balaban J connectivity index is 3.97. The van der Waals surface area contributed by atoms with E-state index in [1.54, 1.807) is 6.92 Å². The Bertz CT molecular complexity index is 205. The van der Waals surface area contributed by atoms with Gasteiger partial charge in [0.1, 0.15) is 4.33 Å². The normalized spacial score (nSPS) is 13.8. The number of unbranched alkanes of at least 4 members (excludes halogenated alkanes) is 4. The van der Waals surface area contributed by atoms with Crippen LogP contribution in [0.3, 0.4) is 0 Å². The molecular formula is C12H22Cl2O2. The fourth-order valence-corrected chi connectivity index (χ4v) is 2.55. The van der Waals surface area contributed by atoms with Crippen molar-refractivity contribution < 1.29 is 9.90 Å². The number of carbonyl (C=O) groups is 1. The molecule has 0 fully saturated rings. The maximum absolute atomic E-state index is 10.9. The second-order valence-electron chi connectivity index (χ2n) is 4.22. The third-order valence-electron chi connectivity index (χ3n) is 2.83. The van der Waals surface area contributed by atoms with E-state index >= 15 is 0 Å². The molecule has 1 unspecified atom stereocenters. The average molecular weight is 269 g/mol. The van der Waals surface area contributed by atoms with E-state index < -0.39 is 16.2 Å². The highest BCUT2D eigenvalue weighted by molar-refractivity contribution is 6.49. The average Bonchev–Trinajstić information content (AvgIpc) is 2.17. The molecule has 0 aromatic rings. The predicted octanol–water partition coefficient (Wildman–Crippen LogP) is 4.63. The van der Waals surface area contributed by atoms with Crippen molar-refractivity contribution >= 4 is 29.2 Å². The Morgan fingerprint density at radius 1 is 1.19 bits per heavy atom. The zero-order chi connectivity index (χ0) is 12.6. The molecule has 16 heavy (non-hydrogen) atoms. The molecule has 96 valence electrons. The largest absolute Gasteiger partial charge is 0.481 e. The molecule has 0 radical (unpaired) electrons. The number of hydrogen-bond donors (Lipinski definition) is 1. The fourth-order valence-electron chi connectivity index (χ4n) is 1.79. The first kappa shape index (κ1) is 16.1. The first-order valence-corrected chi connectivity index (χ1v) is 6.81. The third kappa shape index (κ3) is 5.95. The summed E-state index contributed by atoms with van der Waals surface area (Å²) in [6.07, 6.45) is 6.58. The molecule has 0 aromatic carbocycles. The highest BCUT2D eigenvalue weighted by Gasteiger charge is 2.38. The molecule has 0 rings (SSSR count). The van der Waals surface area contributed by atoms with E-state index in [1.165, 1.54) is 19.3 Å². The predicted molar refractivity (Wildman–Crippen MR) is 69.2 cm³/mol. The Morgan fingerprint density at radius 2 is 1.75 bits per heavy atom. The minimum Gasteiger partial charge on any atom is -0.481 e. The smallest absolute Gasteiger partial charge is 0.309 e. The molecule has 0 aliphatic rings. The molecule has 0 saturated carbocycles. The van der Waals surface area contributed by atoms with Crippen molar-refractivity contribution in [2.75, 3.05) is 0 Å². The standard InChI is InChI=1S/C12H22Cl2O2/c1-3-5-6-7-8-9-12(13,14)10(4-2)11(15)16/h10H,3-9H2,1-2H3,(H,15,16). The minimum atomic E-state index is -1.12. The molecule has 4 heteroatoms. The van der Waals surface area contributed by atoms with Gasteiger partial charge in [-0.25, -0.2) is 0 Å². The Kier molecular flexibility index (Phi) is 8.21. The summed E-state index contributed by atoms with van der Waals surface area (Å²) in [5.41, 5.74) is 0. The molecular weight excluding hydrogens is 247 g/mol. The molecule has 0 aromatic heterocycles. The van der Waals surface area contributed by atoms with Crippen LogP contribution in [-0.2, 0) is 4.79 Å². The molecule has 2 nitrogen and oxygen atoms in total. The van der Waals surface area contributed by atoms with Crippen LogP contribution in [0.25, 0.3) is 0 Å². The number of aliphatic carboxylic acids is 1. The van der Waals surface area contributed by atoms with Crippen LogP contribution < -0.4 is 0 Å². The third-order valence-corrected chi connectivity index (χ3v) is 3.73. The van der Waals surface area contributed by atoms with Crippen LogP contribution in [-0.4, -0.2) is 15.4 Å². The lowest BCUT2D eigenvalue weighted by molar-refractivity contribution is -0.142. The van der Waals surface area contributed by atoms with Crippen molar-refractivity contribution in [3.8, 4) is 0 Å². The van der Waals surface area contributed by atoms with Crippen molar-refractivity contribution in [2.24, 2.45) is 5.92 Å². The van der Waals surface area contributed by atoms with E-state index in [4.69, 9.17) is 28.3 Å². The van der Waals surface area contributed by atoms with Crippen LogP contribution >= 0.6 is 23.2 Å². The maximum atomic E-state index is 10.9. The molecule has 0 spiro atoms. The van der Waals surface area contributed by atoms with Gasteiger partial charge in [0.05, 0.1) is 5.92 Å². The quantitative estimate of drug-likeness (QED) is 0.489. The second kappa shape index (κ2) is 8.19. The molecule has 0 aliphatic carbocycles. The van der Waals surface area contributed by atoms with Gasteiger partial charge < -0.3 is 5.11 Å². The van der Waals surface area contributed by atoms with Crippen LogP contribution in [0.2, 0.25) is 0 Å². The molecule has 0 aliphatic heterocycles. The Hall–Kier alpha value is 0.0500. The fraction of sp³-hybridized carbons (Fsp3) is 0.917.